The van der Waals surface area contributed by atoms with Gasteiger partial charge in [-0.2, -0.15) is 0 Å². The molecule has 5 nitrogen and oxygen atoms in total. The Kier molecular flexibility index (Phi) is 15.3. The number of hydrogen-bond donors (Lipinski definition) is 2. The fraction of sp³-hybridized carbons (Fsp3) is 0.789. The lowest BCUT2D eigenvalue weighted by Crippen LogP contribution is -2.38. The van der Waals surface area contributed by atoms with Crippen LogP contribution in [0.1, 0.15) is 84.0 Å². The molecule has 0 saturated carbocycles. The molecular formula is C19H36N2O3. The van der Waals surface area contributed by atoms with Gasteiger partial charge in [-0.05, 0) is 32.1 Å². The van der Waals surface area contributed by atoms with Gasteiger partial charge in [0.1, 0.15) is 6.54 Å². The van der Waals surface area contributed by atoms with Gasteiger partial charge in [-0.3, -0.25) is 9.69 Å². The van der Waals surface area contributed by atoms with Crippen LogP contribution in [0.4, 0.5) is 4.79 Å². The second-order valence-corrected chi connectivity index (χ2v) is 6.40. The molecule has 0 saturated heterocycles. The van der Waals surface area contributed by atoms with Gasteiger partial charge < -0.3 is 10.8 Å². The van der Waals surface area contributed by atoms with E-state index in [9.17, 15) is 9.59 Å². The summed E-state index contributed by atoms with van der Waals surface area (Å²) in [6.45, 7) is 2.41. The van der Waals surface area contributed by atoms with E-state index in [0.29, 0.717) is 6.54 Å². The number of carboxylic acid groups (broad SMARTS) is 1. The average Bonchev–Trinajstić information content (AvgIpc) is 2.53. The molecule has 0 bridgehead atoms. The highest BCUT2D eigenvalue weighted by molar-refractivity contribution is 5.80. The summed E-state index contributed by atoms with van der Waals surface area (Å²) in [6, 6.07) is 0. The van der Waals surface area contributed by atoms with E-state index in [-0.39, 0.29) is 6.54 Å². The molecule has 140 valence electrons. The van der Waals surface area contributed by atoms with Crippen LogP contribution in [0.2, 0.25) is 0 Å². The fourth-order valence-corrected chi connectivity index (χ4v) is 2.63. The predicted molar refractivity (Wildman–Crippen MR) is 99.0 cm³/mol. The molecule has 0 radical (unpaired) electrons. The molecule has 0 unspecified atom stereocenters. The first-order chi connectivity index (χ1) is 11.6. The van der Waals surface area contributed by atoms with Gasteiger partial charge >= 0.3 is 6.09 Å². The molecule has 0 fully saturated rings. The number of carbonyl (C=O) groups excluding carboxylic acids is 1. The SMILES string of the molecule is CCCCCCC=CCCCCCCCCN(CC(N)=O)C(=O)O. The van der Waals surface area contributed by atoms with Gasteiger partial charge in [-0.1, -0.05) is 64.0 Å². The minimum Gasteiger partial charge on any atom is -0.465 e. The molecule has 24 heavy (non-hydrogen) atoms. The van der Waals surface area contributed by atoms with E-state index in [2.05, 4.69) is 19.1 Å². The Bertz CT molecular complexity index is 357. The van der Waals surface area contributed by atoms with Gasteiger partial charge in [0.05, 0.1) is 0 Å². The van der Waals surface area contributed by atoms with Crippen molar-refractivity contribution in [3.63, 3.8) is 0 Å². The molecule has 0 atom stereocenters. The minimum absolute atomic E-state index is 0.208. The van der Waals surface area contributed by atoms with Gasteiger partial charge in [-0.25, -0.2) is 4.79 Å². The van der Waals surface area contributed by atoms with Crippen molar-refractivity contribution in [2.45, 2.75) is 84.0 Å². The van der Waals surface area contributed by atoms with E-state index in [0.717, 1.165) is 24.2 Å². The number of amides is 2. The largest absolute Gasteiger partial charge is 0.465 e. The van der Waals surface area contributed by atoms with Gasteiger partial charge in [0.25, 0.3) is 0 Å². The Morgan fingerprint density at radius 3 is 1.88 bits per heavy atom. The van der Waals surface area contributed by atoms with E-state index in [1.807, 2.05) is 0 Å². The van der Waals surface area contributed by atoms with Crippen molar-refractivity contribution in [1.29, 1.82) is 0 Å². The van der Waals surface area contributed by atoms with Gasteiger partial charge in [-0.15, -0.1) is 0 Å². The van der Waals surface area contributed by atoms with E-state index in [4.69, 9.17) is 10.8 Å². The summed E-state index contributed by atoms with van der Waals surface area (Å²) in [6.07, 6.45) is 17.8. The maximum absolute atomic E-state index is 10.9. The standard InChI is InChI=1S/C19H36N2O3/c1-2-3-4-5-6-7-8-9-10-11-12-13-14-15-16-21(19(23)24)17-18(20)22/h7-8H,2-6,9-17H2,1H3,(H2,20,22)(H,23,24). The highest BCUT2D eigenvalue weighted by atomic mass is 16.4. The lowest BCUT2D eigenvalue weighted by Gasteiger charge is -2.16. The predicted octanol–water partition coefficient (Wildman–Crippen LogP) is 4.71. The Hall–Kier alpha value is -1.52. The third kappa shape index (κ3) is 15.4. The van der Waals surface area contributed by atoms with Crippen LogP contribution >= 0.6 is 0 Å². The molecule has 0 spiro atoms. The minimum atomic E-state index is -1.07. The van der Waals surface area contributed by atoms with Gasteiger partial charge in [0.2, 0.25) is 5.91 Å². The Morgan fingerprint density at radius 2 is 1.38 bits per heavy atom. The second-order valence-electron chi connectivity index (χ2n) is 6.40. The van der Waals surface area contributed by atoms with Crippen molar-refractivity contribution < 1.29 is 14.7 Å². The summed E-state index contributed by atoms with van der Waals surface area (Å²) in [5.74, 6) is -0.601. The van der Waals surface area contributed by atoms with Crippen molar-refractivity contribution in [1.82, 2.24) is 4.90 Å². The van der Waals surface area contributed by atoms with E-state index in [1.165, 1.54) is 57.8 Å². The summed E-state index contributed by atoms with van der Waals surface area (Å²) in [5.41, 5.74) is 5.03. The topological polar surface area (TPSA) is 83.6 Å². The molecule has 3 N–H and O–H groups in total. The van der Waals surface area contributed by atoms with Crippen LogP contribution in [-0.4, -0.2) is 35.1 Å². The number of carbonyl (C=O) groups is 2. The zero-order chi connectivity index (χ0) is 18.0. The van der Waals surface area contributed by atoms with E-state index in [1.54, 1.807) is 0 Å². The monoisotopic (exact) mass is 340 g/mol. The number of unbranched alkanes of at least 4 members (excludes halogenated alkanes) is 10. The van der Waals surface area contributed by atoms with Crippen molar-refractivity contribution in [3.05, 3.63) is 12.2 Å². The number of allylic oxidation sites excluding steroid dienone is 2. The molecule has 0 aliphatic heterocycles. The highest BCUT2D eigenvalue weighted by Crippen LogP contribution is 2.09. The molecule has 2 amide bonds. The maximum Gasteiger partial charge on any atom is 0.407 e. The fourth-order valence-electron chi connectivity index (χ4n) is 2.63. The van der Waals surface area contributed by atoms with Crippen LogP contribution in [0.5, 0.6) is 0 Å². The lowest BCUT2D eigenvalue weighted by atomic mass is 10.1. The van der Waals surface area contributed by atoms with Crippen LogP contribution in [0.3, 0.4) is 0 Å². The summed E-state index contributed by atoms with van der Waals surface area (Å²) in [5, 5.41) is 8.94. The Labute approximate surface area is 147 Å². The number of nitrogens with zero attached hydrogens (tertiary/aromatic N) is 1. The summed E-state index contributed by atoms with van der Waals surface area (Å²) in [7, 11) is 0. The third-order valence-corrected chi connectivity index (χ3v) is 4.06. The number of nitrogens with two attached hydrogens (primary N) is 1. The molecule has 0 heterocycles. The second kappa shape index (κ2) is 16.3. The first-order valence-electron chi connectivity index (χ1n) is 9.49. The maximum atomic E-state index is 10.9. The van der Waals surface area contributed by atoms with Gasteiger partial charge in [0, 0.05) is 6.54 Å². The quantitative estimate of drug-likeness (QED) is 0.315. The normalized spacial score (nSPS) is 11.0. The molecule has 0 aliphatic rings. The third-order valence-electron chi connectivity index (χ3n) is 4.06. The smallest absolute Gasteiger partial charge is 0.407 e. The van der Waals surface area contributed by atoms with Crippen molar-refractivity contribution >= 4 is 12.0 Å². The zero-order valence-electron chi connectivity index (χ0n) is 15.3. The number of primary amides is 1. The first kappa shape index (κ1) is 22.5. The van der Waals surface area contributed by atoms with Crippen molar-refractivity contribution in [2.24, 2.45) is 5.73 Å². The van der Waals surface area contributed by atoms with Gasteiger partial charge in [0.15, 0.2) is 0 Å². The Morgan fingerprint density at radius 1 is 0.875 bits per heavy atom. The molecule has 0 aromatic rings. The summed E-state index contributed by atoms with van der Waals surface area (Å²) >= 11 is 0. The van der Waals surface area contributed by atoms with Crippen LogP contribution < -0.4 is 5.73 Å². The van der Waals surface area contributed by atoms with Crippen molar-refractivity contribution in [3.8, 4) is 0 Å². The molecule has 0 aliphatic carbocycles. The Balaban J connectivity index is 3.39. The lowest BCUT2D eigenvalue weighted by molar-refractivity contribution is -0.118. The van der Waals surface area contributed by atoms with Crippen LogP contribution in [-0.2, 0) is 4.79 Å². The summed E-state index contributed by atoms with van der Waals surface area (Å²) in [4.78, 5) is 22.8. The van der Waals surface area contributed by atoms with Crippen molar-refractivity contribution in [2.75, 3.05) is 13.1 Å². The van der Waals surface area contributed by atoms with E-state index >= 15 is 0 Å². The summed E-state index contributed by atoms with van der Waals surface area (Å²) < 4.78 is 0. The first-order valence-corrected chi connectivity index (χ1v) is 9.49. The zero-order valence-corrected chi connectivity index (χ0v) is 15.3. The molecular weight excluding hydrogens is 304 g/mol. The number of rotatable bonds is 16. The van der Waals surface area contributed by atoms with Crippen LogP contribution in [0, 0.1) is 0 Å². The molecule has 0 aromatic carbocycles. The van der Waals surface area contributed by atoms with E-state index < -0.39 is 12.0 Å². The highest BCUT2D eigenvalue weighted by Gasteiger charge is 2.13. The molecule has 5 heteroatoms. The molecule has 0 rings (SSSR count). The molecule has 0 aromatic heterocycles. The van der Waals surface area contributed by atoms with Crippen LogP contribution in [0.25, 0.3) is 0 Å². The number of hydrogen-bond acceptors (Lipinski definition) is 2. The van der Waals surface area contributed by atoms with Crippen LogP contribution in [0.15, 0.2) is 12.2 Å². The average molecular weight is 341 g/mol.